The standard InChI is InChI=1S/C26H36ClN5O4/c1-4-5-11-26(35-13-14-36-26)19-9-6-8-17(21(19)33)22(34)24-28-15-18-23(27)30-32(25(18)29-24)20-10-7-12-31(3)16(20)2/h15-17,19-20H,4-14H2,1-3H3. The van der Waals surface area contributed by atoms with Gasteiger partial charge in [-0.05, 0) is 52.6 Å². The molecule has 4 unspecified atom stereocenters. The summed E-state index contributed by atoms with van der Waals surface area (Å²) in [5.74, 6) is -2.55. The summed E-state index contributed by atoms with van der Waals surface area (Å²) in [7, 11) is 2.10. The highest BCUT2D eigenvalue weighted by Gasteiger charge is 2.51. The van der Waals surface area contributed by atoms with Crippen LogP contribution in [0.5, 0.6) is 0 Å². The second-order valence-corrected chi connectivity index (χ2v) is 10.9. The molecular weight excluding hydrogens is 482 g/mol. The second-order valence-electron chi connectivity index (χ2n) is 10.5. The third-order valence-corrected chi connectivity index (χ3v) is 8.65. The second kappa shape index (κ2) is 10.4. The van der Waals surface area contributed by atoms with Gasteiger partial charge in [0.2, 0.25) is 5.78 Å². The molecule has 9 nitrogen and oxygen atoms in total. The van der Waals surface area contributed by atoms with Crippen molar-refractivity contribution in [3.05, 3.63) is 17.2 Å². The van der Waals surface area contributed by atoms with Crippen LogP contribution in [0.1, 0.15) is 81.9 Å². The maximum absolute atomic E-state index is 13.7. The Labute approximate surface area is 216 Å². The zero-order chi connectivity index (χ0) is 25.4. The first-order valence-electron chi connectivity index (χ1n) is 13.3. The number of rotatable bonds is 7. The lowest BCUT2D eigenvalue weighted by Crippen LogP contribution is -2.49. The number of hydrogen-bond donors (Lipinski definition) is 0. The molecule has 4 heterocycles. The molecule has 2 saturated heterocycles. The number of piperidine rings is 1. The highest BCUT2D eigenvalue weighted by Crippen LogP contribution is 2.42. The summed E-state index contributed by atoms with van der Waals surface area (Å²) in [5.41, 5.74) is 0.548. The van der Waals surface area contributed by atoms with E-state index in [0.717, 1.165) is 38.6 Å². The number of Topliss-reactive ketones (excluding diaryl/α,β-unsaturated/α-hetero) is 2. The minimum absolute atomic E-state index is 0.0481. The van der Waals surface area contributed by atoms with Crippen LogP contribution in [0.25, 0.3) is 11.0 Å². The van der Waals surface area contributed by atoms with Gasteiger partial charge in [-0.1, -0.05) is 31.4 Å². The van der Waals surface area contributed by atoms with Crippen LogP contribution in [0.15, 0.2) is 6.20 Å². The maximum Gasteiger partial charge on any atom is 0.210 e. The molecule has 2 aromatic heterocycles. The monoisotopic (exact) mass is 517 g/mol. The molecule has 3 fully saturated rings. The predicted molar refractivity (Wildman–Crippen MR) is 135 cm³/mol. The Hall–Kier alpha value is -1.94. The molecule has 0 aromatic carbocycles. The molecular formula is C26H36ClN5O4. The number of aromatic nitrogens is 4. The summed E-state index contributed by atoms with van der Waals surface area (Å²) in [6.45, 7) is 6.26. The minimum atomic E-state index is -0.911. The van der Waals surface area contributed by atoms with Gasteiger partial charge in [0.05, 0.1) is 36.5 Å². The Morgan fingerprint density at radius 3 is 2.75 bits per heavy atom. The van der Waals surface area contributed by atoms with Crippen LogP contribution in [-0.2, 0) is 14.3 Å². The molecule has 10 heteroatoms. The highest BCUT2D eigenvalue weighted by atomic mass is 35.5. The van der Waals surface area contributed by atoms with E-state index in [-0.39, 0.29) is 29.5 Å². The lowest BCUT2D eigenvalue weighted by Gasteiger charge is -2.38. The average Bonchev–Trinajstić information content (AvgIpc) is 3.49. The summed E-state index contributed by atoms with van der Waals surface area (Å²) in [6.07, 6.45) is 8.03. The van der Waals surface area contributed by atoms with E-state index in [9.17, 15) is 9.59 Å². The van der Waals surface area contributed by atoms with E-state index >= 15 is 0 Å². The fourth-order valence-corrected chi connectivity index (χ4v) is 6.39. The van der Waals surface area contributed by atoms with Crippen LogP contribution in [0, 0.1) is 11.8 Å². The molecule has 0 N–H and O–H groups in total. The Morgan fingerprint density at radius 1 is 1.22 bits per heavy atom. The van der Waals surface area contributed by atoms with Gasteiger partial charge in [0.25, 0.3) is 0 Å². The number of halogens is 1. The number of carbonyl (C=O) groups excluding carboxylic acids is 2. The summed E-state index contributed by atoms with van der Waals surface area (Å²) < 4.78 is 13.9. The van der Waals surface area contributed by atoms with Crippen molar-refractivity contribution in [1.82, 2.24) is 24.6 Å². The fourth-order valence-electron chi connectivity index (χ4n) is 6.17. The Morgan fingerprint density at radius 2 is 2.00 bits per heavy atom. The molecule has 5 rings (SSSR count). The van der Waals surface area contributed by atoms with Crippen LogP contribution in [0.4, 0.5) is 0 Å². The van der Waals surface area contributed by atoms with Gasteiger partial charge in [0.15, 0.2) is 28.2 Å². The van der Waals surface area contributed by atoms with Gasteiger partial charge >= 0.3 is 0 Å². The smallest absolute Gasteiger partial charge is 0.210 e. The third-order valence-electron chi connectivity index (χ3n) is 8.38. The molecule has 4 atom stereocenters. The average molecular weight is 518 g/mol. The molecule has 0 radical (unpaired) electrons. The minimum Gasteiger partial charge on any atom is -0.347 e. The Kier molecular flexibility index (Phi) is 7.45. The van der Waals surface area contributed by atoms with Gasteiger partial charge in [-0.3, -0.25) is 9.59 Å². The van der Waals surface area contributed by atoms with Crippen molar-refractivity contribution in [3.63, 3.8) is 0 Å². The van der Waals surface area contributed by atoms with Crippen molar-refractivity contribution in [2.45, 2.75) is 83.1 Å². The van der Waals surface area contributed by atoms with Crippen LogP contribution >= 0.6 is 11.6 Å². The molecule has 0 bridgehead atoms. The molecule has 196 valence electrons. The van der Waals surface area contributed by atoms with E-state index in [4.69, 9.17) is 21.1 Å². The molecule has 1 aliphatic carbocycles. The predicted octanol–water partition coefficient (Wildman–Crippen LogP) is 4.24. The van der Waals surface area contributed by atoms with Gasteiger partial charge in [-0.2, -0.15) is 5.10 Å². The van der Waals surface area contributed by atoms with E-state index in [1.165, 1.54) is 0 Å². The molecule has 36 heavy (non-hydrogen) atoms. The number of likely N-dealkylation sites (tertiary alicyclic amines) is 1. The zero-order valence-corrected chi connectivity index (χ0v) is 22.2. The molecule has 2 aliphatic heterocycles. The summed E-state index contributed by atoms with van der Waals surface area (Å²) >= 11 is 6.44. The quantitative estimate of drug-likeness (QED) is 0.397. The number of likely N-dealkylation sites (N-methyl/N-ethyl adjacent to an activating group) is 1. The van der Waals surface area contributed by atoms with Crippen LogP contribution in [0.3, 0.4) is 0 Å². The number of ketones is 2. The normalized spacial score (nSPS) is 29.2. The first-order valence-corrected chi connectivity index (χ1v) is 13.7. The zero-order valence-electron chi connectivity index (χ0n) is 21.4. The third kappa shape index (κ3) is 4.48. The first-order chi connectivity index (χ1) is 17.4. The number of carbonyl (C=O) groups is 2. The van der Waals surface area contributed by atoms with Crippen molar-refractivity contribution in [2.75, 3.05) is 26.8 Å². The number of hydrogen-bond acceptors (Lipinski definition) is 8. The van der Waals surface area contributed by atoms with Crippen LogP contribution < -0.4 is 0 Å². The highest BCUT2D eigenvalue weighted by molar-refractivity contribution is 6.34. The van der Waals surface area contributed by atoms with Crippen molar-refractivity contribution in [1.29, 1.82) is 0 Å². The summed E-state index contributed by atoms with van der Waals surface area (Å²) in [4.78, 5) is 38.6. The molecule has 0 amide bonds. The first kappa shape index (κ1) is 25.7. The summed E-state index contributed by atoms with van der Waals surface area (Å²) in [6, 6.07) is 0.339. The van der Waals surface area contributed by atoms with Crippen LogP contribution in [0.2, 0.25) is 5.15 Å². The van der Waals surface area contributed by atoms with Crippen molar-refractivity contribution >= 4 is 34.2 Å². The molecule has 2 aromatic rings. The van der Waals surface area contributed by atoms with Gasteiger partial charge < -0.3 is 14.4 Å². The van der Waals surface area contributed by atoms with Crippen LogP contribution in [-0.4, -0.2) is 74.8 Å². The maximum atomic E-state index is 13.7. The molecule has 0 spiro atoms. The van der Waals surface area contributed by atoms with Crippen molar-refractivity contribution in [2.24, 2.45) is 11.8 Å². The topological polar surface area (TPSA) is 99.4 Å². The lowest BCUT2D eigenvalue weighted by molar-refractivity contribution is -0.206. The number of nitrogens with zero attached hydrogens (tertiary/aromatic N) is 5. The lowest BCUT2D eigenvalue weighted by atomic mass is 9.73. The van der Waals surface area contributed by atoms with Gasteiger partial charge in [-0.25, -0.2) is 14.6 Å². The van der Waals surface area contributed by atoms with Crippen molar-refractivity contribution in [3.8, 4) is 0 Å². The van der Waals surface area contributed by atoms with Gasteiger partial charge in [0, 0.05) is 18.7 Å². The largest absolute Gasteiger partial charge is 0.347 e. The van der Waals surface area contributed by atoms with E-state index in [1.807, 2.05) is 4.68 Å². The molecule has 3 aliphatic rings. The Bertz CT molecular complexity index is 1130. The fraction of sp³-hybridized carbons (Fsp3) is 0.731. The van der Waals surface area contributed by atoms with E-state index in [2.05, 4.69) is 40.9 Å². The van der Waals surface area contributed by atoms with E-state index in [1.54, 1.807) is 6.20 Å². The summed E-state index contributed by atoms with van der Waals surface area (Å²) in [5, 5.41) is 5.51. The number of fused-ring (bicyclic) bond motifs is 1. The number of ether oxygens (including phenoxy) is 2. The van der Waals surface area contributed by atoms with Gasteiger partial charge in [-0.15, -0.1) is 0 Å². The Balaban J connectivity index is 1.44. The SMILES string of the molecule is CCCCC1(C2CCCC(C(=O)c3ncc4c(Cl)nn(C5CCCN(C)C5C)c4n3)C2=O)OCCO1. The van der Waals surface area contributed by atoms with Gasteiger partial charge in [0.1, 0.15) is 0 Å². The van der Waals surface area contributed by atoms with E-state index in [0.29, 0.717) is 48.7 Å². The van der Waals surface area contributed by atoms with Crippen molar-refractivity contribution < 1.29 is 19.1 Å². The molecule has 1 saturated carbocycles. The van der Waals surface area contributed by atoms with E-state index < -0.39 is 17.6 Å². The number of unbranched alkanes of at least 4 members (excludes halogenated alkanes) is 1.